The molecular weight excluding hydrogens is 368 g/mol. The van der Waals surface area contributed by atoms with Gasteiger partial charge in [0.25, 0.3) is 11.5 Å². The van der Waals surface area contributed by atoms with Crippen LogP contribution in [0.4, 0.5) is 0 Å². The molecule has 154 valence electrons. The van der Waals surface area contributed by atoms with Crippen molar-refractivity contribution in [3.63, 3.8) is 0 Å². The van der Waals surface area contributed by atoms with Gasteiger partial charge < -0.3 is 10.2 Å². The number of benzene rings is 1. The van der Waals surface area contributed by atoms with Gasteiger partial charge in [0.05, 0.1) is 5.39 Å². The molecule has 2 aliphatic rings. The summed E-state index contributed by atoms with van der Waals surface area (Å²) < 4.78 is 1.21. The van der Waals surface area contributed by atoms with E-state index in [2.05, 4.69) is 10.4 Å². The average Bonchev–Trinajstić information content (AvgIpc) is 2.77. The van der Waals surface area contributed by atoms with Gasteiger partial charge in [-0.15, -0.1) is 0 Å². The number of likely N-dealkylation sites (tertiary alicyclic amines) is 1. The highest BCUT2D eigenvalue weighted by atomic mass is 16.2. The van der Waals surface area contributed by atoms with Crippen LogP contribution in [-0.2, 0) is 11.8 Å². The molecule has 0 unspecified atom stereocenters. The minimum absolute atomic E-state index is 0.00991. The fourth-order valence-electron chi connectivity index (χ4n) is 4.57. The minimum Gasteiger partial charge on any atom is -0.348 e. The summed E-state index contributed by atoms with van der Waals surface area (Å²) >= 11 is 0. The summed E-state index contributed by atoms with van der Waals surface area (Å²) in [5.41, 5.74) is 0.0510. The molecule has 7 heteroatoms. The molecule has 2 heterocycles. The molecule has 2 aromatic rings. The maximum atomic E-state index is 12.9. The molecule has 0 radical (unpaired) electrons. The van der Waals surface area contributed by atoms with E-state index in [0.717, 1.165) is 38.5 Å². The molecule has 7 nitrogen and oxygen atoms in total. The van der Waals surface area contributed by atoms with Gasteiger partial charge in [-0.3, -0.25) is 14.4 Å². The molecular formula is C22H28N4O3. The smallest absolute Gasteiger partial charge is 0.274 e. The highest BCUT2D eigenvalue weighted by Crippen LogP contribution is 2.26. The summed E-state index contributed by atoms with van der Waals surface area (Å²) in [7, 11) is 1.56. The number of aryl methyl sites for hydroxylation is 1. The number of carbonyl (C=O) groups excluding carboxylic acids is 2. The van der Waals surface area contributed by atoms with E-state index in [1.807, 2.05) is 4.90 Å². The van der Waals surface area contributed by atoms with Gasteiger partial charge in [0.15, 0.2) is 5.69 Å². The average molecular weight is 396 g/mol. The third-order valence-corrected chi connectivity index (χ3v) is 6.27. The van der Waals surface area contributed by atoms with Gasteiger partial charge in [-0.25, -0.2) is 4.68 Å². The topological polar surface area (TPSA) is 84.3 Å². The molecule has 29 heavy (non-hydrogen) atoms. The number of carbonyl (C=O) groups is 2. The number of hydrogen-bond acceptors (Lipinski definition) is 4. The van der Waals surface area contributed by atoms with E-state index in [1.54, 1.807) is 31.3 Å². The van der Waals surface area contributed by atoms with Crippen molar-refractivity contribution in [3.8, 4) is 0 Å². The first-order chi connectivity index (χ1) is 14.0. The van der Waals surface area contributed by atoms with Gasteiger partial charge in [-0.1, -0.05) is 37.5 Å². The van der Waals surface area contributed by atoms with Crippen molar-refractivity contribution < 1.29 is 9.59 Å². The van der Waals surface area contributed by atoms with E-state index in [4.69, 9.17) is 0 Å². The van der Waals surface area contributed by atoms with Crippen LogP contribution in [0.15, 0.2) is 29.1 Å². The van der Waals surface area contributed by atoms with Crippen molar-refractivity contribution in [1.29, 1.82) is 0 Å². The van der Waals surface area contributed by atoms with Crippen molar-refractivity contribution in [1.82, 2.24) is 20.0 Å². The van der Waals surface area contributed by atoms with E-state index in [0.29, 0.717) is 29.8 Å². The van der Waals surface area contributed by atoms with Crippen molar-refractivity contribution in [2.45, 2.75) is 51.0 Å². The molecule has 2 fully saturated rings. The first-order valence-electron chi connectivity index (χ1n) is 10.6. The Morgan fingerprint density at radius 3 is 2.34 bits per heavy atom. The van der Waals surface area contributed by atoms with Gasteiger partial charge >= 0.3 is 0 Å². The van der Waals surface area contributed by atoms with Gasteiger partial charge in [-0.2, -0.15) is 5.10 Å². The molecule has 1 saturated carbocycles. The molecule has 0 spiro atoms. The molecule has 1 N–H and O–H groups in total. The lowest BCUT2D eigenvalue weighted by atomic mass is 9.87. The van der Waals surface area contributed by atoms with Crippen LogP contribution in [0.25, 0.3) is 10.8 Å². The second-order valence-electron chi connectivity index (χ2n) is 8.23. The number of amides is 2. The second-order valence-corrected chi connectivity index (χ2v) is 8.23. The first-order valence-corrected chi connectivity index (χ1v) is 10.6. The third-order valence-electron chi connectivity index (χ3n) is 6.27. The fraction of sp³-hybridized carbons (Fsp3) is 0.545. The van der Waals surface area contributed by atoms with Crippen LogP contribution in [-0.4, -0.2) is 45.6 Å². The zero-order valence-corrected chi connectivity index (χ0v) is 16.9. The van der Waals surface area contributed by atoms with E-state index < -0.39 is 0 Å². The Kier molecular flexibility index (Phi) is 5.65. The minimum atomic E-state index is -0.270. The van der Waals surface area contributed by atoms with Crippen LogP contribution in [0.1, 0.15) is 55.4 Å². The largest absolute Gasteiger partial charge is 0.348 e. The maximum Gasteiger partial charge on any atom is 0.274 e. The zero-order valence-electron chi connectivity index (χ0n) is 16.9. The van der Waals surface area contributed by atoms with Crippen LogP contribution in [0, 0.1) is 5.92 Å². The molecule has 1 aliphatic carbocycles. The van der Waals surface area contributed by atoms with E-state index in [9.17, 15) is 14.4 Å². The molecule has 1 aliphatic heterocycles. The van der Waals surface area contributed by atoms with Crippen molar-refractivity contribution in [2.24, 2.45) is 13.0 Å². The molecule has 1 aromatic carbocycles. The number of fused-ring (bicyclic) bond motifs is 1. The van der Waals surface area contributed by atoms with Crippen LogP contribution in [0.5, 0.6) is 0 Å². The normalized spacial score (nSPS) is 18.7. The first kappa shape index (κ1) is 19.6. The Bertz CT molecular complexity index is 970. The van der Waals surface area contributed by atoms with Crippen LogP contribution in [0.3, 0.4) is 0 Å². The molecule has 0 atom stereocenters. The van der Waals surface area contributed by atoms with Crippen molar-refractivity contribution >= 4 is 22.6 Å². The van der Waals surface area contributed by atoms with E-state index in [1.165, 1.54) is 11.1 Å². The number of hydrogen-bond donors (Lipinski definition) is 1. The van der Waals surface area contributed by atoms with Gasteiger partial charge in [-0.05, 0) is 31.7 Å². The summed E-state index contributed by atoms with van der Waals surface area (Å²) in [6, 6.07) is 7.06. The number of rotatable bonds is 3. The predicted octanol–water partition coefficient (Wildman–Crippen LogP) is 2.23. The van der Waals surface area contributed by atoms with Gasteiger partial charge in [0, 0.05) is 37.5 Å². The van der Waals surface area contributed by atoms with E-state index >= 15 is 0 Å². The van der Waals surface area contributed by atoms with Crippen LogP contribution < -0.4 is 10.9 Å². The molecule has 0 bridgehead atoms. The Morgan fingerprint density at radius 2 is 1.66 bits per heavy atom. The van der Waals surface area contributed by atoms with Crippen molar-refractivity contribution in [3.05, 3.63) is 40.3 Å². The fourth-order valence-corrected chi connectivity index (χ4v) is 4.57. The lowest BCUT2D eigenvalue weighted by molar-refractivity contribution is -0.137. The molecule has 1 saturated heterocycles. The summed E-state index contributed by atoms with van der Waals surface area (Å²) in [6.07, 6.45) is 7.07. The Hall–Kier alpha value is -2.70. The van der Waals surface area contributed by atoms with Gasteiger partial charge in [0.2, 0.25) is 5.91 Å². The van der Waals surface area contributed by atoms with Crippen LogP contribution >= 0.6 is 0 Å². The SMILES string of the molecule is Cn1nc(C(=O)NC2CCN(C(=O)C3CCCCC3)CC2)c2ccccc2c1=O. The lowest BCUT2D eigenvalue weighted by Crippen LogP contribution is -2.48. The highest BCUT2D eigenvalue weighted by molar-refractivity contribution is 6.04. The molecule has 4 rings (SSSR count). The number of piperidine rings is 1. The zero-order chi connectivity index (χ0) is 20.4. The van der Waals surface area contributed by atoms with Gasteiger partial charge in [0.1, 0.15) is 0 Å². The monoisotopic (exact) mass is 396 g/mol. The second kappa shape index (κ2) is 8.35. The molecule has 1 aromatic heterocycles. The maximum absolute atomic E-state index is 12.9. The summed E-state index contributed by atoms with van der Waals surface area (Å²) in [6.45, 7) is 1.36. The summed E-state index contributed by atoms with van der Waals surface area (Å²) in [4.78, 5) is 39.8. The van der Waals surface area contributed by atoms with Crippen LogP contribution in [0.2, 0.25) is 0 Å². The summed E-state index contributed by atoms with van der Waals surface area (Å²) in [5.74, 6) is 0.213. The number of aromatic nitrogens is 2. The highest BCUT2D eigenvalue weighted by Gasteiger charge is 2.30. The van der Waals surface area contributed by atoms with Crippen molar-refractivity contribution in [2.75, 3.05) is 13.1 Å². The summed E-state index contributed by atoms with van der Waals surface area (Å²) in [5, 5.41) is 8.31. The Morgan fingerprint density at radius 1 is 1.00 bits per heavy atom. The Labute approximate surface area is 170 Å². The quantitative estimate of drug-likeness (QED) is 0.862. The van der Waals surface area contributed by atoms with E-state index in [-0.39, 0.29) is 29.1 Å². The Balaban J connectivity index is 1.41. The number of nitrogens with one attached hydrogen (secondary N) is 1. The molecule has 2 amide bonds. The third kappa shape index (κ3) is 4.04. The predicted molar refractivity (Wildman–Crippen MR) is 111 cm³/mol. The number of nitrogens with zero attached hydrogens (tertiary/aromatic N) is 3. The lowest BCUT2D eigenvalue weighted by Gasteiger charge is -2.35. The standard InChI is InChI=1S/C22H28N4O3/c1-25-22(29)18-10-6-5-9-17(18)19(24-25)20(27)23-16-11-13-26(14-12-16)21(28)15-7-3-2-4-8-15/h5-6,9-10,15-16H,2-4,7-8,11-14H2,1H3,(H,23,27).